The first-order valence-electron chi connectivity index (χ1n) is 7.29. The van der Waals surface area contributed by atoms with Crippen molar-refractivity contribution < 1.29 is 9.90 Å². The molecule has 0 saturated heterocycles. The van der Waals surface area contributed by atoms with Crippen LogP contribution >= 0.6 is 0 Å². The maximum absolute atomic E-state index is 11.9. The number of nitrogens with zero attached hydrogens (tertiary/aromatic N) is 1. The van der Waals surface area contributed by atoms with Crippen molar-refractivity contribution in [2.24, 2.45) is 7.05 Å². The molecule has 2 N–H and O–H groups in total. The van der Waals surface area contributed by atoms with Crippen molar-refractivity contribution in [2.75, 3.05) is 6.61 Å². The Kier molecular flexibility index (Phi) is 5.17. The number of carbonyl (C=O) groups is 1. The van der Waals surface area contributed by atoms with Gasteiger partial charge in [0.2, 0.25) is 5.91 Å². The Morgan fingerprint density at radius 2 is 2.19 bits per heavy atom. The molecule has 1 heterocycles. The molecule has 4 heteroatoms. The summed E-state index contributed by atoms with van der Waals surface area (Å²) in [6.45, 7) is 2.08. The fourth-order valence-electron chi connectivity index (χ4n) is 2.45. The van der Waals surface area contributed by atoms with Gasteiger partial charge in [0.15, 0.2) is 0 Å². The number of aryl methyl sites for hydroxylation is 1. The molecule has 1 aromatic carbocycles. The van der Waals surface area contributed by atoms with Gasteiger partial charge in [-0.1, -0.05) is 25.1 Å². The standard InChI is InChI=1S/C17H22N2O2/c1-3-14(10-11-20)18-17(21)9-8-13-12-19(2)16-7-5-4-6-15(13)16/h4-9,12,14,20H,3,10-11H2,1-2H3,(H,18,21)/b9-8+. The normalized spacial score (nSPS) is 12.9. The molecule has 0 aliphatic carbocycles. The number of carbonyl (C=O) groups excluding carboxylic acids is 1. The molecule has 1 unspecified atom stereocenters. The third-order valence-corrected chi connectivity index (χ3v) is 3.66. The van der Waals surface area contributed by atoms with Gasteiger partial charge < -0.3 is 15.0 Å². The number of rotatable bonds is 6. The van der Waals surface area contributed by atoms with Crippen molar-refractivity contribution in [1.29, 1.82) is 0 Å². The summed E-state index contributed by atoms with van der Waals surface area (Å²) in [6, 6.07) is 8.13. The van der Waals surface area contributed by atoms with E-state index in [2.05, 4.69) is 11.4 Å². The number of aromatic nitrogens is 1. The maximum atomic E-state index is 11.9. The molecule has 2 rings (SSSR count). The summed E-state index contributed by atoms with van der Waals surface area (Å²) in [6.07, 6.45) is 6.81. The van der Waals surface area contributed by atoms with Gasteiger partial charge in [-0.3, -0.25) is 4.79 Å². The van der Waals surface area contributed by atoms with E-state index < -0.39 is 0 Å². The quantitative estimate of drug-likeness (QED) is 0.802. The molecule has 0 aliphatic rings. The van der Waals surface area contributed by atoms with Gasteiger partial charge in [0, 0.05) is 48.4 Å². The van der Waals surface area contributed by atoms with Gasteiger partial charge in [-0.2, -0.15) is 0 Å². The predicted molar refractivity (Wildman–Crippen MR) is 85.9 cm³/mol. The third-order valence-electron chi connectivity index (χ3n) is 3.66. The number of para-hydroxylation sites is 1. The fraction of sp³-hybridized carbons (Fsp3) is 0.353. The van der Waals surface area contributed by atoms with Crippen LogP contribution in [0.3, 0.4) is 0 Å². The average Bonchev–Trinajstić information content (AvgIpc) is 2.82. The van der Waals surface area contributed by atoms with Gasteiger partial charge in [-0.25, -0.2) is 0 Å². The van der Waals surface area contributed by atoms with Crippen LogP contribution in [0.25, 0.3) is 17.0 Å². The van der Waals surface area contributed by atoms with Crippen molar-refractivity contribution in [3.8, 4) is 0 Å². The van der Waals surface area contributed by atoms with E-state index >= 15 is 0 Å². The fourth-order valence-corrected chi connectivity index (χ4v) is 2.45. The minimum Gasteiger partial charge on any atom is -0.396 e. The molecule has 2 aromatic rings. The second-order valence-electron chi connectivity index (χ2n) is 5.17. The van der Waals surface area contributed by atoms with E-state index in [1.54, 1.807) is 6.08 Å². The number of hydrogen-bond acceptors (Lipinski definition) is 2. The number of hydrogen-bond donors (Lipinski definition) is 2. The molecule has 1 atom stereocenters. The van der Waals surface area contributed by atoms with E-state index in [9.17, 15) is 4.79 Å². The third kappa shape index (κ3) is 3.73. The van der Waals surface area contributed by atoms with Crippen LogP contribution in [0.2, 0.25) is 0 Å². The molecule has 0 aliphatic heterocycles. The molecule has 112 valence electrons. The number of aliphatic hydroxyl groups excluding tert-OH is 1. The molecule has 4 nitrogen and oxygen atoms in total. The van der Waals surface area contributed by atoms with Crippen LogP contribution < -0.4 is 5.32 Å². The molecule has 0 saturated carbocycles. The molecule has 0 fully saturated rings. The Morgan fingerprint density at radius 3 is 2.90 bits per heavy atom. The number of benzene rings is 1. The first kappa shape index (κ1) is 15.3. The van der Waals surface area contributed by atoms with Crippen LogP contribution in [0.5, 0.6) is 0 Å². The van der Waals surface area contributed by atoms with Crippen LogP contribution in [0.1, 0.15) is 25.3 Å². The highest BCUT2D eigenvalue weighted by Gasteiger charge is 2.08. The number of amides is 1. The van der Waals surface area contributed by atoms with Crippen molar-refractivity contribution in [3.05, 3.63) is 42.1 Å². The highest BCUT2D eigenvalue weighted by Crippen LogP contribution is 2.21. The van der Waals surface area contributed by atoms with Crippen molar-refractivity contribution in [2.45, 2.75) is 25.8 Å². The molecule has 1 aromatic heterocycles. The van der Waals surface area contributed by atoms with E-state index in [1.807, 2.05) is 49.0 Å². The topological polar surface area (TPSA) is 54.3 Å². The molecular weight excluding hydrogens is 264 g/mol. The minimum atomic E-state index is -0.122. The van der Waals surface area contributed by atoms with Gasteiger partial charge >= 0.3 is 0 Å². The van der Waals surface area contributed by atoms with Gasteiger partial charge in [0.25, 0.3) is 0 Å². The summed E-state index contributed by atoms with van der Waals surface area (Å²) in [4.78, 5) is 11.9. The van der Waals surface area contributed by atoms with Gasteiger partial charge in [0.05, 0.1) is 0 Å². The smallest absolute Gasteiger partial charge is 0.244 e. The van der Waals surface area contributed by atoms with Crippen molar-refractivity contribution in [3.63, 3.8) is 0 Å². The molecular formula is C17H22N2O2. The lowest BCUT2D eigenvalue weighted by Gasteiger charge is -2.13. The van der Waals surface area contributed by atoms with Crippen LogP contribution in [0.15, 0.2) is 36.5 Å². The van der Waals surface area contributed by atoms with Crippen LogP contribution in [0, 0.1) is 0 Å². The summed E-state index contributed by atoms with van der Waals surface area (Å²) in [5, 5.41) is 13.0. The number of aliphatic hydroxyl groups is 1. The van der Waals surface area contributed by atoms with Crippen molar-refractivity contribution in [1.82, 2.24) is 9.88 Å². The highest BCUT2D eigenvalue weighted by molar-refractivity contribution is 5.96. The Morgan fingerprint density at radius 1 is 1.43 bits per heavy atom. The summed E-state index contributed by atoms with van der Waals surface area (Å²) in [5.41, 5.74) is 2.17. The summed E-state index contributed by atoms with van der Waals surface area (Å²) < 4.78 is 2.05. The first-order chi connectivity index (χ1) is 10.2. The Balaban J connectivity index is 2.11. The number of nitrogens with one attached hydrogen (secondary N) is 1. The lowest BCUT2D eigenvalue weighted by molar-refractivity contribution is -0.117. The Hall–Kier alpha value is -2.07. The Bertz CT molecular complexity index is 643. The largest absolute Gasteiger partial charge is 0.396 e. The molecule has 1 amide bonds. The zero-order chi connectivity index (χ0) is 15.2. The summed E-state index contributed by atoms with van der Waals surface area (Å²) >= 11 is 0. The van der Waals surface area contributed by atoms with Gasteiger partial charge in [0.1, 0.15) is 0 Å². The summed E-state index contributed by atoms with van der Waals surface area (Å²) in [7, 11) is 1.99. The zero-order valence-electron chi connectivity index (χ0n) is 12.5. The second-order valence-corrected chi connectivity index (χ2v) is 5.17. The maximum Gasteiger partial charge on any atom is 0.244 e. The highest BCUT2D eigenvalue weighted by atomic mass is 16.3. The van der Waals surface area contributed by atoms with Crippen LogP contribution in [-0.2, 0) is 11.8 Å². The molecule has 0 spiro atoms. The van der Waals surface area contributed by atoms with E-state index in [-0.39, 0.29) is 18.6 Å². The first-order valence-corrected chi connectivity index (χ1v) is 7.29. The molecule has 21 heavy (non-hydrogen) atoms. The summed E-state index contributed by atoms with van der Waals surface area (Å²) in [5.74, 6) is -0.122. The van der Waals surface area contributed by atoms with Crippen LogP contribution in [0.4, 0.5) is 0 Å². The van der Waals surface area contributed by atoms with Crippen LogP contribution in [-0.4, -0.2) is 28.2 Å². The van der Waals surface area contributed by atoms with E-state index in [0.29, 0.717) is 6.42 Å². The van der Waals surface area contributed by atoms with E-state index in [0.717, 1.165) is 22.9 Å². The van der Waals surface area contributed by atoms with E-state index in [1.165, 1.54) is 0 Å². The minimum absolute atomic E-state index is 0.0275. The van der Waals surface area contributed by atoms with Gasteiger partial charge in [-0.05, 0) is 25.0 Å². The van der Waals surface area contributed by atoms with Gasteiger partial charge in [-0.15, -0.1) is 0 Å². The average molecular weight is 286 g/mol. The second kappa shape index (κ2) is 7.09. The predicted octanol–water partition coefficient (Wildman–Crippen LogP) is 2.47. The Labute approximate surface area is 125 Å². The lowest BCUT2D eigenvalue weighted by Crippen LogP contribution is -2.33. The monoisotopic (exact) mass is 286 g/mol. The lowest BCUT2D eigenvalue weighted by atomic mass is 10.1. The van der Waals surface area contributed by atoms with Crippen molar-refractivity contribution >= 4 is 22.9 Å². The van der Waals surface area contributed by atoms with E-state index in [4.69, 9.17) is 5.11 Å². The molecule has 0 bridgehead atoms. The SMILES string of the molecule is CCC(CCO)NC(=O)/C=C/c1cn(C)c2ccccc12. The zero-order valence-corrected chi connectivity index (χ0v) is 12.5. The number of fused-ring (bicyclic) bond motifs is 1. The molecule has 0 radical (unpaired) electrons.